The molecule has 0 saturated carbocycles. The molecule has 0 atom stereocenters. The quantitative estimate of drug-likeness (QED) is 0.599. The molecule has 1 aliphatic heterocycles. The van der Waals surface area contributed by atoms with Crippen molar-refractivity contribution >= 4 is 56.1 Å². The van der Waals surface area contributed by atoms with E-state index in [2.05, 4.69) is 43.8 Å². The van der Waals surface area contributed by atoms with E-state index in [1.54, 1.807) is 6.07 Å². The molecule has 1 N–H and O–H groups in total. The van der Waals surface area contributed by atoms with Gasteiger partial charge in [-0.1, -0.05) is 0 Å². The Labute approximate surface area is 108 Å². The summed E-state index contributed by atoms with van der Waals surface area (Å²) in [6.45, 7) is 0.0667. The van der Waals surface area contributed by atoms with Crippen LogP contribution < -0.4 is 10.2 Å². The van der Waals surface area contributed by atoms with Gasteiger partial charge in [0, 0.05) is 8.04 Å². The van der Waals surface area contributed by atoms with E-state index < -0.39 is 0 Å². The molecular weight excluding hydrogens is 375 g/mol. The Hall–Kier alpha value is -0.630. The maximum absolute atomic E-state index is 11.4. The molecule has 0 bridgehead atoms. The van der Waals surface area contributed by atoms with Gasteiger partial charge in [0.15, 0.2) is 0 Å². The maximum Gasteiger partial charge on any atom is 0.329 e. The van der Waals surface area contributed by atoms with Crippen molar-refractivity contribution in [2.45, 2.75) is 0 Å². The molecule has 4 nitrogen and oxygen atoms in total. The fourth-order valence-electron chi connectivity index (χ4n) is 1.33. The summed E-state index contributed by atoms with van der Waals surface area (Å²) in [5.41, 5.74) is 0.579. The Bertz CT molecular complexity index is 434. The summed E-state index contributed by atoms with van der Waals surface area (Å²) in [5, 5.41) is 2.47. The summed E-state index contributed by atoms with van der Waals surface area (Å²) < 4.78 is 1.77. The fourth-order valence-corrected chi connectivity index (χ4v) is 2.80. The molecule has 0 spiro atoms. The number of rotatable bonds is 1. The number of amides is 3. The van der Waals surface area contributed by atoms with Gasteiger partial charge in [-0.05, 0) is 56.7 Å². The molecule has 1 heterocycles. The Balaban J connectivity index is 2.45. The monoisotopic (exact) mass is 380 g/mol. The largest absolute Gasteiger partial charge is 0.329 e. The van der Waals surface area contributed by atoms with Gasteiger partial charge in [0.05, 0.1) is 12.2 Å². The Morgan fingerprint density at radius 3 is 2.67 bits per heavy atom. The second-order valence-electron chi connectivity index (χ2n) is 2.98. The SMILES string of the molecule is O=C1CNC(=O)N1c1ccc(I)cc1Br. The number of anilines is 1. The summed E-state index contributed by atoms with van der Waals surface area (Å²) in [6.07, 6.45) is 0. The van der Waals surface area contributed by atoms with E-state index in [0.717, 1.165) is 12.9 Å². The molecule has 15 heavy (non-hydrogen) atoms. The second-order valence-corrected chi connectivity index (χ2v) is 5.08. The number of imide groups is 1. The summed E-state index contributed by atoms with van der Waals surface area (Å²) in [6, 6.07) is 5.07. The number of halogens is 2. The van der Waals surface area contributed by atoms with Crippen LogP contribution in [0.3, 0.4) is 0 Å². The van der Waals surface area contributed by atoms with Gasteiger partial charge in [0.2, 0.25) is 0 Å². The van der Waals surface area contributed by atoms with Crippen molar-refractivity contribution in [2.24, 2.45) is 0 Å². The maximum atomic E-state index is 11.4. The summed E-state index contributed by atoms with van der Waals surface area (Å²) in [5.74, 6) is -0.234. The number of urea groups is 1. The Morgan fingerprint density at radius 1 is 1.40 bits per heavy atom. The smallest absolute Gasteiger partial charge is 0.328 e. The second kappa shape index (κ2) is 4.09. The summed E-state index contributed by atoms with van der Waals surface area (Å²) in [4.78, 5) is 24.0. The van der Waals surface area contributed by atoms with Crippen LogP contribution in [-0.2, 0) is 4.79 Å². The minimum Gasteiger partial charge on any atom is -0.328 e. The zero-order valence-electron chi connectivity index (χ0n) is 7.46. The van der Waals surface area contributed by atoms with Gasteiger partial charge in [-0.25, -0.2) is 9.69 Å². The predicted octanol–water partition coefficient (Wildman–Crippen LogP) is 2.11. The molecule has 3 amide bonds. The standard InChI is InChI=1S/C9H6BrIN2O2/c10-6-3-5(11)1-2-7(6)13-8(14)4-12-9(13)15/h1-3H,4H2,(H,12,15). The van der Waals surface area contributed by atoms with Crippen LogP contribution in [0.4, 0.5) is 10.5 Å². The van der Waals surface area contributed by atoms with Crippen molar-refractivity contribution in [3.63, 3.8) is 0 Å². The molecule has 2 rings (SSSR count). The number of carbonyl (C=O) groups is 2. The lowest BCUT2D eigenvalue weighted by Gasteiger charge is -2.14. The Kier molecular flexibility index (Phi) is 2.96. The Morgan fingerprint density at radius 2 is 2.13 bits per heavy atom. The van der Waals surface area contributed by atoms with Crippen molar-refractivity contribution in [1.82, 2.24) is 5.32 Å². The number of nitrogens with zero attached hydrogens (tertiary/aromatic N) is 1. The van der Waals surface area contributed by atoms with E-state index in [1.165, 1.54) is 0 Å². The van der Waals surface area contributed by atoms with Crippen molar-refractivity contribution in [3.05, 3.63) is 26.2 Å². The zero-order valence-corrected chi connectivity index (χ0v) is 11.2. The van der Waals surface area contributed by atoms with Crippen molar-refractivity contribution in [1.29, 1.82) is 0 Å². The van der Waals surface area contributed by atoms with Crippen LogP contribution in [-0.4, -0.2) is 18.5 Å². The highest BCUT2D eigenvalue weighted by atomic mass is 127. The van der Waals surface area contributed by atoms with E-state index in [0.29, 0.717) is 5.69 Å². The van der Waals surface area contributed by atoms with Gasteiger partial charge in [0.25, 0.3) is 5.91 Å². The van der Waals surface area contributed by atoms with Gasteiger partial charge in [-0.15, -0.1) is 0 Å². The van der Waals surface area contributed by atoms with Crippen molar-refractivity contribution < 1.29 is 9.59 Å². The molecule has 0 unspecified atom stereocenters. The third-order valence-corrected chi connectivity index (χ3v) is 3.30. The highest BCUT2D eigenvalue weighted by Gasteiger charge is 2.31. The third kappa shape index (κ3) is 2.00. The average Bonchev–Trinajstić information content (AvgIpc) is 2.48. The molecule has 1 aromatic carbocycles. The van der Waals surface area contributed by atoms with Gasteiger partial charge in [-0.3, -0.25) is 4.79 Å². The minimum absolute atomic E-state index is 0.0667. The summed E-state index contributed by atoms with van der Waals surface area (Å²) in [7, 11) is 0. The first kappa shape index (κ1) is 10.9. The molecule has 1 aromatic rings. The van der Waals surface area contributed by atoms with Crippen LogP contribution in [0.2, 0.25) is 0 Å². The van der Waals surface area contributed by atoms with Crippen LogP contribution in [0.1, 0.15) is 0 Å². The lowest BCUT2D eigenvalue weighted by molar-refractivity contribution is -0.115. The predicted molar refractivity (Wildman–Crippen MR) is 67.7 cm³/mol. The van der Waals surface area contributed by atoms with Crippen LogP contribution in [0.5, 0.6) is 0 Å². The number of hydrogen-bond donors (Lipinski definition) is 1. The topological polar surface area (TPSA) is 49.4 Å². The van der Waals surface area contributed by atoms with E-state index in [-0.39, 0.29) is 18.5 Å². The molecule has 1 saturated heterocycles. The average molecular weight is 381 g/mol. The van der Waals surface area contributed by atoms with Crippen LogP contribution in [0.15, 0.2) is 22.7 Å². The van der Waals surface area contributed by atoms with Gasteiger partial charge >= 0.3 is 6.03 Å². The zero-order chi connectivity index (χ0) is 11.0. The first-order chi connectivity index (χ1) is 7.09. The van der Waals surface area contributed by atoms with Crippen molar-refractivity contribution in [2.75, 3.05) is 11.4 Å². The molecule has 78 valence electrons. The van der Waals surface area contributed by atoms with E-state index >= 15 is 0 Å². The van der Waals surface area contributed by atoms with Gasteiger partial charge in [0.1, 0.15) is 0 Å². The highest BCUT2D eigenvalue weighted by Crippen LogP contribution is 2.29. The van der Waals surface area contributed by atoms with Crippen LogP contribution in [0.25, 0.3) is 0 Å². The van der Waals surface area contributed by atoms with E-state index in [4.69, 9.17) is 0 Å². The number of benzene rings is 1. The van der Waals surface area contributed by atoms with Crippen LogP contribution in [0, 0.1) is 3.57 Å². The lowest BCUT2D eigenvalue weighted by atomic mass is 10.3. The van der Waals surface area contributed by atoms with Crippen molar-refractivity contribution in [3.8, 4) is 0 Å². The molecule has 0 aromatic heterocycles. The van der Waals surface area contributed by atoms with Gasteiger partial charge in [-0.2, -0.15) is 0 Å². The van der Waals surface area contributed by atoms with Crippen LogP contribution >= 0.6 is 38.5 Å². The molecule has 1 aliphatic rings. The lowest BCUT2D eigenvalue weighted by Crippen LogP contribution is -2.30. The van der Waals surface area contributed by atoms with Gasteiger partial charge < -0.3 is 5.32 Å². The third-order valence-electron chi connectivity index (χ3n) is 1.99. The minimum atomic E-state index is -0.373. The molecular formula is C9H6BrIN2O2. The van der Waals surface area contributed by atoms with E-state index in [9.17, 15) is 9.59 Å². The number of hydrogen-bond acceptors (Lipinski definition) is 2. The normalized spacial score (nSPS) is 15.7. The first-order valence-electron chi connectivity index (χ1n) is 4.15. The highest BCUT2D eigenvalue weighted by molar-refractivity contribution is 14.1. The van der Waals surface area contributed by atoms with E-state index in [1.807, 2.05) is 12.1 Å². The number of carbonyl (C=O) groups excluding carboxylic acids is 2. The molecule has 1 fully saturated rings. The summed E-state index contributed by atoms with van der Waals surface area (Å²) >= 11 is 5.50. The fraction of sp³-hybridized carbons (Fsp3) is 0.111. The number of nitrogens with one attached hydrogen (secondary N) is 1. The molecule has 0 radical (unpaired) electrons. The first-order valence-corrected chi connectivity index (χ1v) is 6.02. The molecule has 0 aliphatic carbocycles. The molecule has 6 heteroatoms.